The first-order valence-electron chi connectivity index (χ1n) is 9.81. The highest BCUT2D eigenvalue weighted by Gasteiger charge is 2.28. The molecule has 1 aliphatic carbocycles. The predicted molar refractivity (Wildman–Crippen MR) is 116 cm³/mol. The summed E-state index contributed by atoms with van der Waals surface area (Å²) in [6.45, 7) is 0.140. The SMILES string of the molecule is COc1cc(C(=O)NC2CCCc3ccccc32)c([N+](=O)[O-])cc1OCc1cscn1. The van der Waals surface area contributed by atoms with Crippen LogP contribution in [-0.2, 0) is 13.0 Å². The number of hydrogen-bond acceptors (Lipinski definition) is 7. The molecule has 2 aromatic carbocycles. The van der Waals surface area contributed by atoms with Gasteiger partial charge in [0.2, 0.25) is 0 Å². The van der Waals surface area contributed by atoms with Crippen molar-refractivity contribution in [2.45, 2.75) is 31.9 Å². The maximum Gasteiger partial charge on any atom is 0.286 e. The molecule has 1 atom stereocenters. The predicted octanol–water partition coefficient (Wildman–Crippen LogP) is 4.45. The van der Waals surface area contributed by atoms with Crippen molar-refractivity contribution >= 4 is 22.9 Å². The van der Waals surface area contributed by atoms with E-state index in [4.69, 9.17) is 9.47 Å². The van der Waals surface area contributed by atoms with Gasteiger partial charge in [-0.05, 0) is 30.4 Å². The van der Waals surface area contributed by atoms with Gasteiger partial charge in [-0.1, -0.05) is 24.3 Å². The third kappa shape index (κ3) is 4.51. The van der Waals surface area contributed by atoms with E-state index < -0.39 is 10.8 Å². The van der Waals surface area contributed by atoms with Gasteiger partial charge < -0.3 is 14.8 Å². The third-order valence-electron chi connectivity index (χ3n) is 5.26. The average molecular weight is 439 g/mol. The molecule has 0 bridgehead atoms. The van der Waals surface area contributed by atoms with Crippen LogP contribution in [0.1, 0.15) is 46.1 Å². The normalized spacial score (nSPS) is 15.1. The van der Waals surface area contributed by atoms with Crippen LogP contribution >= 0.6 is 11.3 Å². The van der Waals surface area contributed by atoms with Crippen LogP contribution in [-0.4, -0.2) is 22.9 Å². The fraction of sp³-hybridized carbons (Fsp3) is 0.273. The van der Waals surface area contributed by atoms with Crippen molar-refractivity contribution in [3.8, 4) is 11.5 Å². The topological polar surface area (TPSA) is 104 Å². The summed E-state index contributed by atoms with van der Waals surface area (Å²) in [6.07, 6.45) is 2.68. The Morgan fingerprint density at radius 3 is 2.90 bits per heavy atom. The number of methoxy groups -OCH3 is 1. The van der Waals surface area contributed by atoms with Crippen LogP contribution in [0.3, 0.4) is 0 Å². The van der Waals surface area contributed by atoms with Crippen LogP contribution in [0.25, 0.3) is 0 Å². The Bertz CT molecular complexity index is 1100. The zero-order valence-corrected chi connectivity index (χ0v) is 17.7. The van der Waals surface area contributed by atoms with Crippen LogP contribution in [0.5, 0.6) is 11.5 Å². The molecule has 1 heterocycles. The van der Waals surface area contributed by atoms with Crippen molar-refractivity contribution in [2.24, 2.45) is 0 Å². The number of carbonyl (C=O) groups is 1. The Kier molecular flexibility index (Phi) is 6.13. The minimum atomic E-state index is -0.584. The number of aryl methyl sites for hydroxylation is 1. The first-order chi connectivity index (χ1) is 15.1. The first-order valence-corrected chi connectivity index (χ1v) is 10.8. The van der Waals surface area contributed by atoms with Crippen molar-refractivity contribution in [3.63, 3.8) is 0 Å². The number of nitrogens with zero attached hydrogens (tertiary/aromatic N) is 2. The highest BCUT2D eigenvalue weighted by Crippen LogP contribution is 2.36. The highest BCUT2D eigenvalue weighted by molar-refractivity contribution is 7.07. The lowest BCUT2D eigenvalue weighted by Crippen LogP contribution is -2.31. The largest absolute Gasteiger partial charge is 0.493 e. The van der Waals surface area contributed by atoms with Crippen molar-refractivity contribution in [1.29, 1.82) is 0 Å². The van der Waals surface area contributed by atoms with E-state index in [-0.39, 0.29) is 35.4 Å². The molecule has 9 heteroatoms. The lowest BCUT2D eigenvalue weighted by atomic mass is 9.87. The number of nitrogens with one attached hydrogen (secondary N) is 1. The van der Waals surface area contributed by atoms with Crippen molar-refractivity contribution in [1.82, 2.24) is 10.3 Å². The Morgan fingerprint density at radius 1 is 1.32 bits per heavy atom. The fourth-order valence-corrected chi connectivity index (χ4v) is 4.30. The molecular formula is C22H21N3O5S. The molecule has 1 amide bonds. The number of amides is 1. The molecule has 160 valence electrons. The summed E-state index contributed by atoms with van der Waals surface area (Å²) in [5.41, 5.74) is 4.22. The summed E-state index contributed by atoms with van der Waals surface area (Å²) >= 11 is 1.43. The van der Waals surface area contributed by atoms with Crippen molar-refractivity contribution in [3.05, 3.63) is 79.8 Å². The number of aromatic nitrogens is 1. The third-order valence-corrected chi connectivity index (χ3v) is 5.89. The van der Waals surface area contributed by atoms with Crippen molar-refractivity contribution in [2.75, 3.05) is 7.11 Å². The standard InChI is InChI=1S/C22H21N3O5S/c1-29-20-9-17(19(25(27)28)10-21(20)30-11-15-12-31-13-23-15)22(26)24-18-8-4-6-14-5-2-3-7-16(14)18/h2-3,5,7,9-10,12-13,18H,4,6,8,11H2,1H3,(H,24,26). The van der Waals surface area contributed by atoms with Crippen LogP contribution in [0.4, 0.5) is 5.69 Å². The van der Waals surface area contributed by atoms with Gasteiger partial charge in [0.25, 0.3) is 11.6 Å². The molecule has 1 N–H and O–H groups in total. The molecule has 1 aliphatic rings. The second-order valence-corrected chi connectivity index (χ2v) is 7.88. The van der Waals surface area contributed by atoms with Crippen LogP contribution < -0.4 is 14.8 Å². The van der Waals surface area contributed by atoms with Crippen LogP contribution in [0.15, 0.2) is 47.3 Å². The number of thiazole rings is 1. The minimum absolute atomic E-state index is 0.0640. The first kappa shape index (κ1) is 20.8. The van der Waals surface area contributed by atoms with Crippen molar-refractivity contribution < 1.29 is 19.2 Å². The molecule has 0 radical (unpaired) electrons. The Hall–Kier alpha value is -3.46. The minimum Gasteiger partial charge on any atom is -0.493 e. The van der Waals surface area contributed by atoms with Gasteiger partial charge in [-0.15, -0.1) is 11.3 Å². The average Bonchev–Trinajstić information content (AvgIpc) is 3.31. The summed E-state index contributed by atoms with van der Waals surface area (Å²) in [4.78, 5) is 28.3. The zero-order chi connectivity index (χ0) is 21.8. The summed E-state index contributed by atoms with van der Waals surface area (Å²) < 4.78 is 11.0. The smallest absolute Gasteiger partial charge is 0.286 e. The van der Waals surface area contributed by atoms with Crippen LogP contribution in [0.2, 0.25) is 0 Å². The summed E-state index contributed by atoms with van der Waals surface area (Å²) in [5, 5.41) is 16.5. The molecule has 0 saturated heterocycles. The maximum absolute atomic E-state index is 13.1. The number of benzene rings is 2. The number of fused-ring (bicyclic) bond motifs is 1. The van der Waals surface area contributed by atoms with Gasteiger partial charge in [0.15, 0.2) is 11.5 Å². The highest BCUT2D eigenvalue weighted by atomic mass is 32.1. The quantitative estimate of drug-likeness (QED) is 0.431. The second-order valence-electron chi connectivity index (χ2n) is 7.16. The second kappa shape index (κ2) is 9.13. The molecule has 31 heavy (non-hydrogen) atoms. The van der Waals surface area contributed by atoms with E-state index in [1.807, 2.05) is 29.6 Å². The van der Waals surface area contributed by atoms with E-state index >= 15 is 0 Å². The molecule has 4 rings (SSSR count). The number of ether oxygens (including phenoxy) is 2. The van der Waals surface area contributed by atoms with E-state index in [1.54, 1.807) is 5.51 Å². The molecular weight excluding hydrogens is 418 g/mol. The van der Waals surface area contributed by atoms with Gasteiger partial charge in [-0.3, -0.25) is 14.9 Å². The van der Waals surface area contributed by atoms with Gasteiger partial charge in [-0.25, -0.2) is 4.98 Å². The van der Waals surface area contributed by atoms with E-state index in [0.29, 0.717) is 5.69 Å². The summed E-state index contributed by atoms with van der Waals surface area (Å²) in [6, 6.07) is 10.3. The number of nitro groups is 1. The summed E-state index contributed by atoms with van der Waals surface area (Å²) in [7, 11) is 1.43. The lowest BCUT2D eigenvalue weighted by Gasteiger charge is -2.26. The Balaban J connectivity index is 1.61. The maximum atomic E-state index is 13.1. The molecule has 0 aliphatic heterocycles. The van der Waals surface area contributed by atoms with Gasteiger partial charge in [0, 0.05) is 11.4 Å². The molecule has 0 saturated carbocycles. The monoisotopic (exact) mass is 439 g/mol. The number of carbonyl (C=O) groups excluding carboxylic acids is 1. The zero-order valence-electron chi connectivity index (χ0n) is 16.9. The fourth-order valence-electron chi connectivity index (χ4n) is 3.75. The number of rotatable bonds is 7. The molecule has 1 aromatic heterocycles. The van der Waals surface area contributed by atoms with Gasteiger partial charge in [0.1, 0.15) is 12.2 Å². The molecule has 0 fully saturated rings. The lowest BCUT2D eigenvalue weighted by molar-refractivity contribution is -0.385. The molecule has 3 aromatic rings. The molecule has 8 nitrogen and oxygen atoms in total. The molecule has 0 spiro atoms. The van der Waals surface area contributed by atoms with Gasteiger partial charge in [-0.2, -0.15) is 0 Å². The van der Waals surface area contributed by atoms with Gasteiger partial charge in [0.05, 0.1) is 35.3 Å². The van der Waals surface area contributed by atoms with Crippen LogP contribution in [0, 0.1) is 10.1 Å². The van der Waals surface area contributed by atoms with Gasteiger partial charge >= 0.3 is 0 Å². The number of hydrogen-bond donors (Lipinski definition) is 1. The van der Waals surface area contributed by atoms with E-state index in [2.05, 4.69) is 10.3 Å². The Labute approximate surface area is 183 Å². The molecule has 1 unspecified atom stereocenters. The van der Waals surface area contributed by atoms with E-state index in [0.717, 1.165) is 24.8 Å². The summed E-state index contributed by atoms with van der Waals surface area (Å²) in [5.74, 6) is -0.0884. The Morgan fingerprint density at radius 2 is 2.16 bits per heavy atom. The van der Waals surface area contributed by atoms with E-state index in [9.17, 15) is 14.9 Å². The number of nitro benzene ring substituents is 1. The van der Waals surface area contributed by atoms with E-state index in [1.165, 1.54) is 36.1 Å².